The molecule has 0 aliphatic rings. The number of amides is 1. The largest absolute Gasteiger partial charge is 0.356 e. The standard InChI is InChI=1S/C18H22FN3O3/c1-18(2,3)17-21-15(22-25-17)10-11-20-16(24)9-8-14(23)12-6-4-5-7-13(12)19/h4-7H,8-11H2,1-3H3,(H,20,24). The summed E-state index contributed by atoms with van der Waals surface area (Å²) in [7, 11) is 0. The molecule has 2 rings (SSSR count). The van der Waals surface area contributed by atoms with Gasteiger partial charge < -0.3 is 9.84 Å². The van der Waals surface area contributed by atoms with E-state index in [-0.39, 0.29) is 35.5 Å². The van der Waals surface area contributed by atoms with E-state index in [4.69, 9.17) is 4.52 Å². The molecule has 6 nitrogen and oxygen atoms in total. The fourth-order valence-electron chi connectivity index (χ4n) is 2.11. The molecule has 0 unspecified atom stereocenters. The zero-order valence-electron chi connectivity index (χ0n) is 14.6. The predicted octanol–water partition coefficient (Wildman–Crippen LogP) is 2.83. The van der Waals surface area contributed by atoms with Crippen molar-refractivity contribution in [1.29, 1.82) is 0 Å². The van der Waals surface area contributed by atoms with Crippen LogP contribution in [0.2, 0.25) is 0 Å². The van der Waals surface area contributed by atoms with Crippen LogP contribution in [0.15, 0.2) is 28.8 Å². The number of rotatable bonds is 7. The highest BCUT2D eigenvalue weighted by atomic mass is 19.1. The molecule has 1 aromatic carbocycles. The van der Waals surface area contributed by atoms with Gasteiger partial charge in [-0.25, -0.2) is 4.39 Å². The summed E-state index contributed by atoms with van der Waals surface area (Å²) < 4.78 is 18.7. The summed E-state index contributed by atoms with van der Waals surface area (Å²) in [5.41, 5.74) is -0.210. The highest BCUT2D eigenvalue weighted by Gasteiger charge is 2.21. The van der Waals surface area contributed by atoms with E-state index in [0.717, 1.165) is 0 Å². The Hall–Kier alpha value is -2.57. The number of halogens is 1. The van der Waals surface area contributed by atoms with Gasteiger partial charge in [0, 0.05) is 31.2 Å². The van der Waals surface area contributed by atoms with Crippen molar-refractivity contribution in [2.45, 2.75) is 45.4 Å². The van der Waals surface area contributed by atoms with Gasteiger partial charge in [-0.05, 0) is 12.1 Å². The molecule has 7 heteroatoms. The number of benzene rings is 1. The average molecular weight is 347 g/mol. The van der Waals surface area contributed by atoms with Gasteiger partial charge >= 0.3 is 0 Å². The monoisotopic (exact) mass is 347 g/mol. The third-order valence-corrected chi connectivity index (χ3v) is 3.53. The van der Waals surface area contributed by atoms with Crippen LogP contribution in [0.3, 0.4) is 0 Å². The van der Waals surface area contributed by atoms with Crippen molar-refractivity contribution in [3.8, 4) is 0 Å². The highest BCUT2D eigenvalue weighted by molar-refractivity contribution is 5.98. The van der Waals surface area contributed by atoms with E-state index in [1.54, 1.807) is 6.07 Å². The van der Waals surface area contributed by atoms with Crippen molar-refractivity contribution in [3.05, 3.63) is 47.4 Å². The first-order valence-electron chi connectivity index (χ1n) is 8.15. The first-order chi connectivity index (χ1) is 11.8. The zero-order valence-corrected chi connectivity index (χ0v) is 14.6. The number of hydrogen-bond acceptors (Lipinski definition) is 5. The predicted molar refractivity (Wildman–Crippen MR) is 89.7 cm³/mol. The SMILES string of the molecule is CC(C)(C)c1nc(CCNC(=O)CCC(=O)c2ccccc2F)no1. The van der Waals surface area contributed by atoms with Crippen molar-refractivity contribution in [2.75, 3.05) is 6.54 Å². The van der Waals surface area contributed by atoms with Crippen LogP contribution < -0.4 is 5.32 Å². The molecule has 25 heavy (non-hydrogen) atoms. The summed E-state index contributed by atoms with van der Waals surface area (Å²) in [5, 5.41) is 6.56. The highest BCUT2D eigenvalue weighted by Crippen LogP contribution is 2.19. The van der Waals surface area contributed by atoms with Crippen LogP contribution in [0, 0.1) is 5.82 Å². The maximum Gasteiger partial charge on any atom is 0.232 e. The lowest BCUT2D eigenvalue weighted by Crippen LogP contribution is -2.26. The number of carbonyl (C=O) groups is 2. The van der Waals surface area contributed by atoms with Crippen LogP contribution in [0.4, 0.5) is 4.39 Å². The Morgan fingerprint density at radius 3 is 2.56 bits per heavy atom. The van der Waals surface area contributed by atoms with Crippen LogP contribution in [0.5, 0.6) is 0 Å². The molecule has 1 heterocycles. The summed E-state index contributed by atoms with van der Waals surface area (Å²) >= 11 is 0. The summed E-state index contributed by atoms with van der Waals surface area (Å²) in [6, 6.07) is 5.75. The van der Waals surface area contributed by atoms with Crippen LogP contribution in [0.25, 0.3) is 0 Å². The van der Waals surface area contributed by atoms with Gasteiger partial charge in [-0.3, -0.25) is 9.59 Å². The molecular formula is C18H22FN3O3. The maximum atomic E-state index is 13.5. The lowest BCUT2D eigenvalue weighted by molar-refractivity contribution is -0.121. The molecule has 0 bridgehead atoms. The normalized spacial score (nSPS) is 11.4. The van der Waals surface area contributed by atoms with E-state index < -0.39 is 5.82 Å². The molecule has 1 N–H and O–H groups in total. The molecule has 0 spiro atoms. The smallest absolute Gasteiger partial charge is 0.232 e. The molecule has 0 saturated heterocycles. The van der Waals surface area contributed by atoms with Crippen LogP contribution >= 0.6 is 0 Å². The van der Waals surface area contributed by atoms with Crippen molar-refractivity contribution in [2.24, 2.45) is 0 Å². The molecule has 0 radical (unpaired) electrons. The Balaban J connectivity index is 1.73. The van der Waals surface area contributed by atoms with E-state index in [2.05, 4.69) is 15.5 Å². The first kappa shape index (κ1) is 18.8. The number of nitrogens with zero attached hydrogens (tertiary/aromatic N) is 2. The van der Waals surface area contributed by atoms with Gasteiger partial charge in [0.25, 0.3) is 0 Å². The van der Waals surface area contributed by atoms with Crippen molar-refractivity contribution >= 4 is 11.7 Å². The Bertz CT molecular complexity index is 750. The van der Waals surface area contributed by atoms with Gasteiger partial charge in [0.2, 0.25) is 11.8 Å². The number of aromatic nitrogens is 2. The molecule has 0 aliphatic carbocycles. The molecule has 0 atom stereocenters. The summed E-state index contributed by atoms with van der Waals surface area (Å²) in [5.74, 6) is -0.165. The number of ketones is 1. The molecule has 0 aliphatic heterocycles. The lowest BCUT2D eigenvalue weighted by atomic mass is 9.97. The minimum absolute atomic E-state index is 0.00660. The van der Waals surface area contributed by atoms with Gasteiger partial charge in [-0.1, -0.05) is 38.1 Å². The third-order valence-electron chi connectivity index (χ3n) is 3.53. The van der Waals surface area contributed by atoms with E-state index >= 15 is 0 Å². The average Bonchev–Trinajstić information content (AvgIpc) is 3.02. The van der Waals surface area contributed by atoms with Gasteiger partial charge in [-0.2, -0.15) is 4.98 Å². The second-order valence-electron chi connectivity index (χ2n) is 6.77. The quantitative estimate of drug-likeness (QED) is 0.779. The zero-order chi connectivity index (χ0) is 18.4. The Morgan fingerprint density at radius 1 is 1.20 bits per heavy atom. The second kappa shape index (κ2) is 8.00. The van der Waals surface area contributed by atoms with Crippen molar-refractivity contribution < 1.29 is 18.5 Å². The van der Waals surface area contributed by atoms with E-state index in [9.17, 15) is 14.0 Å². The van der Waals surface area contributed by atoms with E-state index in [0.29, 0.717) is 24.7 Å². The van der Waals surface area contributed by atoms with E-state index in [1.165, 1.54) is 18.2 Å². The van der Waals surface area contributed by atoms with Crippen LogP contribution in [-0.4, -0.2) is 28.4 Å². The number of carbonyl (C=O) groups excluding carboxylic acids is 2. The minimum atomic E-state index is -0.570. The third kappa shape index (κ3) is 5.48. The van der Waals surface area contributed by atoms with Crippen molar-refractivity contribution in [1.82, 2.24) is 15.5 Å². The maximum absolute atomic E-state index is 13.5. The fourth-order valence-corrected chi connectivity index (χ4v) is 2.11. The molecule has 0 fully saturated rings. The summed E-state index contributed by atoms with van der Waals surface area (Å²) in [6.45, 7) is 6.26. The molecule has 134 valence electrons. The summed E-state index contributed by atoms with van der Waals surface area (Å²) in [4.78, 5) is 28.0. The number of Topliss-reactive ketones (excluding diaryl/α,β-unsaturated/α-hetero) is 1. The Labute approximate surface area is 145 Å². The molecular weight excluding hydrogens is 325 g/mol. The van der Waals surface area contributed by atoms with Gasteiger partial charge in [0.15, 0.2) is 11.6 Å². The van der Waals surface area contributed by atoms with Gasteiger partial charge in [0.05, 0.1) is 5.56 Å². The number of hydrogen-bond donors (Lipinski definition) is 1. The topological polar surface area (TPSA) is 85.1 Å². The molecule has 0 saturated carbocycles. The Morgan fingerprint density at radius 2 is 1.92 bits per heavy atom. The molecule has 2 aromatic rings. The van der Waals surface area contributed by atoms with Crippen LogP contribution in [-0.2, 0) is 16.6 Å². The second-order valence-corrected chi connectivity index (χ2v) is 6.77. The molecule has 1 aromatic heterocycles. The fraction of sp³-hybridized carbons (Fsp3) is 0.444. The van der Waals surface area contributed by atoms with Crippen LogP contribution in [0.1, 0.15) is 55.7 Å². The number of nitrogens with one attached hydrogen (secondary N) is 1. The van der Waals surface area contributed by atoms with Gasteiger partial charge in [-0.15, -0.1) is 0 Å². The van der Waals surface area contributed by atoms with E-state index in [1.807, 2.05) is 20.8 Å². The van der Waals surface area contributed by atoms with Gasteiger partial charge in [0.1, 0.15) is 5.82 Å². The minimum Gasteiger partial charge on any atom is -0.356 e. The molecule has 1 amide bonds. The summed E-state index contributed by atoms with van der Waals surface area (Å²) in [6.07, 6.45) is 0.405. The Kier molecular flexibility index (Phi) is 6.01. The van der Waals surface area contributed by atoms with Crippen molar-refractivity contribution in [3.63, 3.8) is 0 Å². The lowest BCUT2D eigenvalue weighted by Gasteiger charge is -2.10. The first-order valence-corrected chi connectivity index (χ1v) is 8.15.